The minimum absolute atomic E-state index is 0.154. The maximum Gasteiger partial charge on any atom is 0.220 e. The van der Waals surface area contributed by atoms with Crippen LogP contribution in [-0.2, 0) is 11.3 Å². The van der Waals surface area contributed by atoms with Gasteiger partial charge in [-0.15, -0.1) is 0 Å². The average molecular weight is 333 g/mol. The Morgan fingerprint density at radius 2 is 1.79 bits per heavy atom. The quantitative estimate of drug-likeness (QED) is 0.839. The fourth-order valence-corrected chi connectivity index (χ4v) is 4.13. The zero-order chi connectivity index (χ0) is 16.8. The van der Waals surface area contributed by atoms with Crippen molar-refractivity contribution in [3.8, 4) is 0 Å². The van der Waals surface area contributed by atoms with Crippen LogP contribution in [-0.4, -0.2) is 51.8 Å². The molecule has 3 rings (SSSR count). The van der Waals surface area contributed by atoms with Crippen molar-refractivity contribution in [3.05, 3.63) is 24.5 Å². The molecule has 0 spiro atoms. The second-order valence-corrected chi connectivity index (χ2v) is 7.32. The molecule has 1 saturated carbocycles. The molecule has 2 fully saturated rings. The number of aromatic nitrogens is 1. The van der Waals surface area contributed by atoms with Crippen LogP contribution in [0.1, 0.15) is 51.4 Å². The van der Waals surface area contributed by atoms with Crippen LogP contribution in [0.4, 0.5) is 0 Å². The summed E-state index contributed by atoms with van der Waals surface area (Å²) in [5.74, 6) is 0.179. The molecule has 1 aliphatic carbocycles. The van der Waals surface area contributed by atoms with E-state index in [9.17, 15) is 9.90 Å². The molecule has 1 saturated heterocycles. The first kappa shape index (κ1) is 17.5. The highest BCUT2D eigenvalue weighted by atomic mass is 16.3. The smallest absolute Gasteiger partial charge is 0.220 e. The summed E-state index contributed by atoms with van der Waals surface area (Å²) in [5.41, 5.74) is 0. The van der Waals surface area contributed by atoms with Crippen LogP contribution < -0.4 is 5.32 Å². The number of carbonyl (C=O) groups is 1. The molecule has 24 heavy (non-hydrogen) atoms. The van der Waals surface area contributed by atoms with E-state index >= 15 is 0 Å². The van der Waals surface area contributed by atoms with E-state index in [0.29, 0.717) is 18.5 Å². The van der Waals surface area contributed by atoms with Crippen molar-refractivity contribution in [3.63, 3.8) is 0 Å². The number of aryl methyl sites for hydroxylation is 1. The average Bonchev–Trinajstić information content (AvgIpc) is 3.10. The lowest BCUT2D eigenvalue weighted by Crippen LogP contribution is -2.52. The number of hydrogen-bond donors (Lipinski definition) is 2. The van der Waals surface area contributed by atoms with E-state index in [1.54, 1.807) is 0 Å². The number of nitrogens with one attached hydrogen (secondary N) is 1. The second kappa shape index (κ2) is 8.67. The summed E-state index contributed by atoms with van der Waals surface area (Å²) in [5, 5.41) is 13.4. The molecular weight excluding hydrogens is 302 g/mol. The van der Waals surface area contributed by atoms with Crippen LogP contribution in [0.3, 0.4) is 0 Å². The van der Waals surface area contributed by atoms with Gasteiger partial charge in [0.15, 0.2) is 0 Å². The molecule has 0 aromatic carbocycles. The van der Waals surface area contributed by atoms with Crippen molar-refractivity contribution in [1.82, 2.24) is 14.8 Å². The Labute approximate surface area is 145 Å². The van der Waals surface area contributed by atoms with Gasteiger partial charge in [-0.1, -0.05) is 12.8 Å². The molecular formula is C19H31N3O2. The SMILES string of the molecule is O=C(CCCn1cccc1)NC1CCN([C@@H]2CCCC[C@@H]2O)CC1. The third-order valence-electron chi connectivity index (χ3n) is 5.54. The van der Waals surface area contributed by atoms with Gasteiger partial charge in [0.25, 0.3) is 0 Å². The van der Waals surface area contributed by atoms with E-state index in [1.165, 1.54) is 6.42 Å². The van der Waals surface area contributed by atoms with Gasteiger partial charge < -0.3 is 15.0 Å². The first-order valence-electron chi connectivity index (χ1n) is 9.54. The zero-order valence-corrected chi connectivity index (χ0v) is 14.6. The lowest BCUT2D eigenvalue weighted by molar-refractivity contribution is -0.122. The van der Waals surface area contributed by atoms with Gasteiger partial charge in [-0.3, -0.25) is 9.69 Å². The van der Waals surface area contributed by atoms with E-state index in [0.717, 1.165) is 58.2 Å². The van der Waals surface area contributed by atoms with E-state index < -0.39 is 0 Å². The van der Waals surface area contributed by atoms with E-state index in [-0.39, 0.29) is 12.0 Å². The van der Waals surface area contributed by atoms with Crippen LogP contribution in [0, 0.1) is 0 Å². The van der Waals surface area contributed by atoms with Crippen molar-refractivity contribution < 1.29 is 9.90 Å². The van der Waals surface area contributed by atoms with Gasteiger partial charge in [0.2, 0.25) is 5.91 Å². The highest BCUT2D eigenvalue weighted by molar-refractivity contribution is 5.76. The van der Waals surface area contributed by atoms with Gasteiger partial charge in [-0.2, -0.15) is 0 Å². The van der Waals surface area contributed by atoms with Gasteiger partial charge in [-0.05, 0) is 44.2 Å². The fraction of sp³-hybridized carbons (Fsp3) is 0.737. The lowest BCUT2D eigenvalue weighted by atomic mass is 9.89. The van der Waals surface area contributed by atoms with Crippen molar-refractivity contribution in [1.29, 1.82) is 0 Å². The number of hydrogen-bond acceptors (Lipinski definition) is 3. The Morgan fingerprint density at radius 1 is 1.08 bits per heavy atom. The lowest BCUT2D eigenvalue weighted by Gasteiger charge is -2.41. The summed E-state index contributed by atoms with van der Waals surface area (Å²) in [6.07, 6.45) is 11.9. The molecule has 1 aromatic rings. The maximum absolute atomic E-state index is 12.1. The summed E-state index contributed by atoms with van der Waals surface area (Å²) in [6, 6.07) is 4.67. The Hall–Kier alpha value is -1.33. The predicted molar refractivity (Wildman–Crippen MR) is 94.7 cm³/mol. The number of piperidine rings is 1. The first-order chi connectivity index (χ1) is 11.7. The summed E-state index contributed by atoms with van der Waals surface area (Å²) in [4.78, 5) is 14.5. The molecule has 5 heteroatoms. The molecule has 2 N–H and O–H groups in total. The molecule has 0 radical (unpaired) electrons. The molecule has 1 amide bonds. The second-order valence-electron chi connectivity index (χ2n) is 7.32. The molecule has 2 aliphatic rings. The molecule has 0 bridgehead atoms. The molecule has 2 heterocycles. The Kier molecular flexibility index (Phi) is 6.32. The number of amides is 1. The normalized spacial score (nSPS) is 26.4. The van der Waals surface area contributed by atoms with Crippen molar-refractivity contribution in [2.45, 2.75) is 76.1 Å². The third kappa shape index (κ3) is 4.84. The van der Waals surface area contributed by atoms with E-state index in [1.807, 2.05) is 24.5 Å². The molecule has 1 aromatic heterocycles. The third-order valence-corrected chi connectivity index (χ3v) is 5.54. The fourth-order valence-electron chi connectivity index (χ4n) is 4.13. The topological polar surface area (TPSA) is 57.5 Å². The number of likely N-dealkylation sites (tertiary alicyclic amines) is 1. The van der Waals surface area contributed by atoms with Crippen LogP contribution >= 0.6 is 0 Å². The minimum Gasteiger partial charge on any atom is -0.391 e. The van der Waals surface area contributed by atoms with Crippen LogP contribution in [0.5, 0.6) is 0 Å². The molecule has 0 unspecified atom stereocenters. The minimum atomic E-state index is -0.154. The van der Waals surface area contributed by atoms with Crippen LogP contribution in [0.25, 0.3) is 0 Å². The number of nitrogens with zero attached hydrogens (tertiary/aromatic N) is 2. The molecule has 134 valence electrons. The van der Waals surface area contributed by atoms with E-state index in [2.05, 4.69) is 14.8 Å². The highest BCUT2D eigenvalue weighted by Gasteiger charge is 2.31. The Morgan fingerprint density at radius 3 is 2.50 bits per heavy atom. The molecule has 5 nitrogen and oxygen atoms in total. The number of aliphatic hydroxyl groups is 1. The van der Waals surface area contributed by atoms with Crippen molar-refractivity contribution in [2.24, 2.45) is 0 Å². The summed E-state index contributed by atoms with van der Waals surface area (Å²) >= 11 is 0. The standard InChI is InChI=1S/C19H31N3O2/c23-18-7-2-1-6-17(18)22-14-9-16(10-15-22)20-19(24)8-5-13-21-11-3-4-12-21/h3-4,11-12,16-18,23H,1-2,5-10,13-15H2,(H,20,24)/t17-,18+/m1/s1. The van der Waals surface area contributed by atoms with Gasteiger partial charge >= 0.3 is 0 Å². The predicted octanol–water partition coefficient (Wildman–Crippen LogP) is 2.15. The van der Waals surface area contributed by atoms with Crippen LogP contribution in [0.15, 0.2) is 24.5 Å². The summed E-state index contributed by atoms with van der Waals surface area (Å²) in [6.45, 7) is 2.89. The van der Waals surface area contributed by atoms with Crippen LogP contribution in [0.2, 0.25) is 0 Å². The summed E-state index contributed by atoms with van der Waals surface area (Å²) in [7, 11) is 0. The number of carbonyl (C=O) groups excluding carboxylic acids is 1. The summed E-state index contributed by atoms with van der Waals surface area (Å²) < 4.78 is 2.11. The van der Waals surface area contributed by atoms with Crippen molar-refractivity contribution >= 4 is 5.91 Å². The van der Waals surface area contributed by atoms with Gasteiger partial charge in [-0.25, -0.2) is 0 Å². The Balaban J connectivity index is 1.33. The largest absolute Gasteiger partial charge is 0.391 e. The number of aliphatic hydroxyl groups excluding tert-OH is 1. The van der Waals surface area contributed by atoms with Crippen molar-refractivity contribution in [2.75, 3.05) is 13.1 Å². The van der Waals surface area contributed by atoms with E-state index in [4.69, 9.17) is 0 Å². The monoisotopic (exact) mass is 333 g/mol. The highest BCUT2D eigenvalue weighted by Crippen LogP contribution is 2.25. The molecule has 2 atom stereocenters. The zero-order valence-electron chi connectivity index (χ0n) is 14.6. The van der Waals surface area contributed by atoms with Gasteiger partial charge in [0, 0.05) is 50.5 Å². The van der Waals surface area contributed by atoms with Gasteiger partial charge in [0.1, 0.15) is 0 Å². The molecule has 1 aliphatic heterocycles. The van der Waals surface area contributed by atoms with Gasteiger partial charge in [0.05, 0.1) is 6.10 Å². The Bertz CT molecular complexity index is 495. The number of rotatable bonds is 6. The maximum atomic E-state index is 12.1. The first-order valence-corrected chi connectivity index (χ1v) is 9.54.